The lowest BCUT2D eigenvalue weighted by Crippen LogP contribution is -2.52. The van der Waals surface area contributed by atoms with Crippen LogP contribution in [0.15, 0.2) is 53.4 Å². The number of rotatable bonds is 7. The number of nitrogens with zero attached hydrogens (tertiary/aromatic N) is 1. The number of hydrogen-bond acceptors (Lipinski definition) is 6. The maximum Gasteiger partial charge on any atom is 0.335 e. The van der Waals surface area contributed by atoms with E-state index in [9.17, 15) is 22.4 Å². The fourth-order valence-electron chi connectivity index (χ4n) is 4.19. The van der Waals surface area contributed by atoms with Crippen molar-refractivity contribution in [2.24, 2.45) is 5.92 Å². The van der Waals surface area contributed by atoms with Crippen molar-refractivity contribution in [1.82, 2.24) is 9.62 Å². The highest BCUT2D eigenvalue weighted by atomic mass is 32.2. The molecule has 170 valence electrons. The van der Waals surface area contributed by atoms with Gasteiger partial charge in [0.2, 0.25) is 10.0 Å². The van der Waals surface area contributed by atoms with Crippen LogP contribution >= 0.6 is 0 Å². The fraction of sp³-hybridized carbons (Fsp3) is 0.364. The molecule has 10 heteroatoms. The van der Waals surface area contributed by atoms with E-state index in [4.69, 9.17) is 9.84 Å². The average molecular weight is 462 g/mol. The molecular weight excluding hydrogens is 439 g/mol. The number of carbonyl (C=O) groups excluding carboxylic acids is 1. The molecule has 2 aromatic rings. The molecule has 3 saturated heterocycles. The van der Waals surface area contributed by atoms with E-state index in [2.05, 4.69) is 9.62 Å². The first-order valence-electron chi connectivity index (χ1n) is 10.3. The van der Waals surface area contributed by atoms with Crippen LogP contribution in [0.1, 0.15) is 34.8 Å². The van der Waals surface area contributed by atoms with E-state index in [0.717, 1.165) is 44.1 Å². The van der Waals surface area contributed by atoms with Gasteiger partial charge in [0.25, 0.3) is 0 Å². The van der Waals surface area contributed by atoms with Crippen LogP contribution in [0.4, 0.5) is 4.39 Å². The van der Waals surface area contributed by atoms with E-state index < -0.39 is 33.8 Å². The second kappa shape index (κ2) is 8.97. The van der Waals surface area contributed by atoms with E-state index in [1.54, 1.807) is 0 Å². The lowest BCUT2D eigenvalue weighted by Gasteiger charge is -2.44. The molecule has 2 bridgehead atoms. The summed E-state index contributed by atoms with van der Waals surface area (Å²) in [5, 5.41) is 9.15. The van der Waals surface area contributed by atoms with Gasteiger partial charge in [-0.05, 0) is 67.7 Å². The zero-order chi connectivity index (χ0) is 22.9. The van der Waals surface area contributed by atoms with Gasteiger partial charge in [-0.25, -0.2) is 22.4 Å². The van der Waals surface area contributed by atoms with E-state index in [0.29, 0.717) is 6.54 Å². The molecule has 3 aliphatic rings. The number of nitrogens with one attached hydrogen (secondary N) is 1. The van der Waals surface area contributed by atoms with E-state index in [1.807, 2.05) is 0 Å². The van der Waals surface area contributed by atoms with Crippen LogP contribution in [-0.2, 0) is 19.6 Å². The minimum atomic E-state index is -4.29. The lowest BCUT2D eigenvalue weighted by molar-refractivity contribution is -0.161. The van der Waals surface area contributed by atoms with E-state index >= 15 is 0 Å². The van der Waals surface area contributed by atoms with Gasteiger partial charge < -0.3 is 9.84 Å². The zero-order valence-electron chi connectivity index (χ0n) is 17.1. The van der Waals surface area contributed by atoms with Gasteiger partial charge in [-0.3, -0.25) is 4.90 Å². The number of esters is 1. The highest BCUT2D eigenvalue weighted by Crippen LogP contribution is 2.31. The third-order valence-electron chi connectivity index (χ3n) is 5.97. The van der Waals surface area contributed by atoms with Crippen molar-refractivity contribution in [2.45, 2.75) is 29.9 Å². The van der Waals surface area contributed by atoms with Crippen LogP contribution in [0.25, 0.3) is 0 Å². The Morgan fingerprint density at radius 2 is 1.81 bits per heavy atom. The van der Waals surface area contributed by atoms with Gasteiger partial charge in [0.05, 0.1) is 10.5 Å². The quantitative estimate of drug-likeness (QED) is 0.607. The molecule has 32 heavy (non-hydrogen) atoms. The van der Waals surface area contributed by atoms with Gasteiger partial charge in [-0.15, -0.1) is 0 Å². The Morgan fingerprint density at radius 3 is 2.41 bits per heavy atom. The third-order valence-corrected chi connectivity index (χ3v) is 7.39. The van der Waals surface area contributed by atoms with Crippen LogP contribution in [0.5, 0.6) is 0 Å². The molecule has 0 aliphatic carbocycles. The van der Waals surface area contributed by atoms with Crippen molar-refractivity contribution < 1.29 is 32.2 Å². The van der Waals surface area contributed by atoms with Gasteiger partial charge in [-0.2, -0.15) is 4.72 Å². The first-order valence-corrected chi connectivity index (χ1v) is 11.8. The predicted molar refractivity (Wildman–Crippen MR) is 112 cm³/mol. The normalized spacial score (nSPS) is 23.5. The molecule has 0 saturated carbocycles. The summed E-state index contributed by atoms with van der Waals surface area (Å²) < 4.78 is 47.4. The molecule has 0 radical (unpaired) electrons. The molecule has 3 fully saturated rings. The largest absolute Gasteiger partial charge is 0.478 e. The zero-order valence-corrected chi connectivity index (χ0v) is 17.9. The average Bonchev–Trinajstić information content (AvgIpc) is 2.79. The first kappa shape index (κ1) is 22.4. The van der Waals surface area contributed by atoms with Gasteiger partial charge in [0, 0.05) is 6.54 Å². The van der Waals surface area contributed by atoms with Crippen LogP contribution in [0, 0.1) is 11.7 Å². The number of hydrogen-bond donors (Lipinski definition) is 2. The number of carboxylic acid groups (broad SMARTS) is 1. The summed E-state index contributed by atoms with van der Waals surface area (Å²) in [5.41, 5.74) is 0.0108. The summed E-state index contributed by atoms with van der Waals surface area (Å²) in [6, 6.07) is 8.27. The van der Waals surface area contributed by atoms with E-state index in [-0.39, 0.29) is 28.0 Å². The second-order valence-electron chi connectivity index (χ2n) is 8.05. The summed E-state index contributed by atoms with van der Waals surface area (Å²) in [6.07, 6.45) is 1.48. The highest BCUT2D eigenvalue weighted by Gasteiger charge is 2.38. The fourth-order valence-corrected chi connectivity index (χ4v) is 5.41. The molecule has 8 nitrogen and oxygen atoms in total. The lowest BCUT2D eigenvalue weighted by atomic mass is 9.86. The van der Waals surface area contributed by atoms with E-state index in [1.165, 1.54) is 30.3 Å². The molecule has 2 aromatic carbocycles. The number of carboxylic acids is 1. The van der Waals surface area contributed by atoms with Crippen LogP contribution in [0.3, 0.4) is 0 Å². The SMILES string of the molecule is O=C(O)c1cccc(S(=O)(=O)NC(C(=O)O[C@H]2CN3CCC2CC3)c2ccc(F)cc2)c1. The maximum atomic E-state index is 13.4. The van der Waals surface area contributed by atoms with Gasteiger partial charge in [0.15, 0.2) is 0 Å². The summed E-state index contributed by atoms with van der Waals surface area (Å²) in [5.74, 6) is -2.37. The minimum absolute atomic E-state index is 0.207. The van der Waals surface area contributed by atoms with Gasteiger partial charge in [-0.1, -0.05) is 18.2 Å². The number of piperidine rings is 3. The summed E-state index contributed by atoms with van der Waals surface area (Å²) in [7, 11) is -4.29. The molecule has 1 unspecified atom stereocenters. The first-order chi connectivity index (χ1) is 15.2. The summed E-state index contributed by atoms with van der Waals surface area (Å²) in [6.45, 7) is 2.50. The third kappa shape index (κ3) is 4.82. The van der Waals surface area contributed by atoms with Crippen molar-refractivity contribution in [3.05, 3.63) is 65.5 Å². The number of benzene rings is 2. The highest BCUT2D eigenvalue weighted by molar-refractivity contribution is 7.89. The molecule has 0 aromatic heterocycles. The Morgan fingerprint density at radius 1 is 1.12 bits per heavy atom. The standard InChI is InChI=1S/C22H23FN2O6S/c23-17-6-4-15(5-7-17)20(22(28)31-19-13-25-10-8-14(19)9-11-25)24-32(29,30)18-3-1-2-16(12-18)21(26)27/h1-7,12,14,19-20,24H,8-11,13H2,(H,26,27)/t19-,20?/m0/s1. The number of halogens is 1. The summed E-state index contributed by atoms with van der Waals surface area (Å²) >= 11 is 0. The molecule has 0 spiro atoms. The maximum absolute atomic E-state index is 13.4. The smallest absolute Gasteiger partial charge is 0.335 e. The number of aromatic carboxylic acids is 1. The predicted octanol–water partition coefficient (Wildman–Crippen LogP) is 2.18. The van der Waals surface area contributed by atoms with Crippen molar-refractivity contribution >= 4 is 22.0 Å². The molecule has 3 heterocycles. The van der Waals surface area contributed by atoms with Gasteiger partial charge in [0.1, 0.15) is 18.0 Å². The Balaban J connectivity index is 1.60. The second-order valence-corrected chi connectivity index (χ2v) is 9.77. The topological polar surface area (TPSA) is 113 Å². The monoisotopic (exact) mass is 462 g/mol. The molecule has 2 atom stereocenters. The van der Waals surface area contributed by atoms with Crippen molar-refractivity contribution in [2.75, 3.05) is 19.6 Å². The van der Waals surface area contributed by atoms with Crippen molar-refractivity contribution in [3.8, 4) is 0 Å². The van der Waals surface area contributed by atoms with Crippen molar-refractivity contribution in [3.63, 3.8) is 0 Å². The number of carbonyl (C=O) groups is 2. The molecule has 0 amide bonds. The summed E-state index contributed by atoms with van der Waals surface area (Å²) in [4.78, 5) is 26.2. The Bertz CT molecular complexity index is 1110. The molecular formula is C22H23FN2O6S. The molecule has 5 rings (SSSR count). The van der Waals surface area contributed by atoms with Gasteiger partial charge >= 0.3 is 11.9 Å². The van der Waals surface area contributed by atoms with Crippen LogP contribution < -0.4 is 4.72 Å². The Labute approximate surface area is 185 Å². The molecule has 3 aliphatic heterocycles. The Kier molecular flexibility index (Phi) is 6.27. The minimum Gasteiger partial charge on any atom is -0.478 e. The van der Waals surface area contributed by atoms with Crippen molar-refractivity contribution in [1.29, 1.82) is 0 Å². The number of fused-ring (bicyclic) bond motifs is 3. The molecule has 2 N–H and O–H groups in total. The van der Waals surface area contributed by atoms with Crippen LogP contribution in [0.2, 0.25) is 0 Å². The van der Waals surface area contributed by atoms with Crippen LogP contribution in [-0.4, -0.2) is 56.1 Å². The number of sulfonamides is 1. The number of ether oxygens (including phenoxy) is 1. The Hall–Kier alpha value is -2.82.